The maximum atomic E-state index is 13.4. The number of benzene rings is 1. The van der Waals surface area contributed by atoms with E-state index in [-0.39, 0.29) is 29.2 Å². The van der Waals surface area contributed by atoms with Crippen LogP contribution in [0.4, 0.5) is 19.1 Å². The van der Waals surface area contributed by atoms with Gasteiger partial charge in [-0.3, -0.25) is 4.57 Å². The Morgan fingerprint density at radius 2 is 1.97 bits per heavy atom. The molecule has 3 heterocycles. The molecule has 6 nitrogen and oxygen atoms in total. The molecular formula is C21H20F3N5OS. The van der Waals surface area contributed by atoms with Gasteiger partial charge in [-0.05, 0) is 35.4 Å². The molecule has 4 rings (SSSR count). The Morgan fingerprint density at radius 3 is 2.58 bits per heavy atom. The van der Waals surface area contributed by atoms with Crippen LogP contribution in [-0.4, -0.2) is 33.7 Å². The molecular weight excluding hydrogens is 427 g/mol. The van der Waals surface area contributed by atoms with Gasteiger partial charge in [0.15, 0.2) is 0 Å². The van der Waals surface area contributed by atoms with E-state index in [2.05, 4.69) is 9.97 Å². The van der Waals surface area contributed by atoms with Crippen LogP contribution in [-0.2, 0) is 12.5 Å². The molecule has 1 aliphatic heterocycles. The number of aromatic nitrogens is 3. The normalized spacial score (nSPS) is 17.0. The van der Waals surface area contributed by atoms with Crippen molar-refractivity contribution >= 4 is 22.9 Å². The molecule has 1 aromatic carbocycles. The van der Waals surface area contributed by atoms with Crippen LogP contribution in [0.1, 0.15) is 22.2 Å². The van der Waals surface area contributed by atoms with Crippen LogP contribution in [0, 0.1) is 5.82 Å². The Hall–Kier alpha value is -2.98. The second-order valence-electron chi connectivity index (χ2n) is 7.40. The molecule has 1 atom stereocenters. The number of nitrogens with zero attached hydrogens (tertiary/aromatic N) is 4. The topological polar surface area (TPSA) is 77.0 Å². The molecule has 10 heteroatoms. The summed E-state index contributed by atoms with van der Waals surface area (Å²) in [5.74, 6) is -2.98. The van der Waals surface area contributed by atoms with E-state index < -0.39 is 11.6 Å². The van der Waals surface area contributed by atoms with Crippen molar-refractivity contribution in [3.05, 3.63) is 80.4 Å². The van der Waals surface area contributed by atoms with E-state index in [1.165, 1.54) is 29.1 Å². The number of alkyl halides is 2. The summed E-state index contributed by atoms with van der Waals surface area (Å²) in [6.07, 6.45) is 3.27. The summed E-state index contributed by atoms with van der Waals surface area (Å²) in [4.78, 5) is 23.1. The van der Waals surface area contributed by atoms with Crippen molar-refractivity contribution < 1.29 is 13.2 Å². The summed E-state index contributed by atoms with van der Waals surface area (Å²) in [6.45, 7) is 1.80. The van der Waals surface area contributed by atoms with E-state index in [4.69, 9.17) is 5.73 Å². The van der Waals surface area contributed by atoms with Gasteiger partial charge in [-0.1, -0.05) is 18.2 Å². The first-order valence-corrected chi connectivity index (χ1v) is 10.4. The minimum Gasteiger partial charge on any atom is -0.335 e. The lowest BCUT2D eigenvalue weighted by molar-refractivity contribution is 0.0215. The fourth-order valence-electron chi connectivity index (χ4n) is 3.38. The summed E-state index contributed by atoms with van der Waals surface area (Å²) >= 11 is 0.951. The minimum absolute atomic E-state index is 0.0564. The number of hydrogen-bond donors (Lipinski definition) is 1. The van der Waals surface area contributed by atoms with Gasteiger partial charge in [0.2, 0.25) is 5.95 Å². The van der Waals surface area contributed by atoms with Crippen molar-refractivity contribution in [3.63, 3.8) is 0 Å². The number of halogens is 3. The highest BCUT2D eigenvalue weighted by Gasteiger charge is 2.26. The zero-order valence-corrected chi connectivity index (χ0v) is 17.5. The molecule has 0 fully saturated rings. The van der Waals surface area contributed by atoms with Crippen LogP contribution >= 0.6 is 11.3 Å². The number of nitrogens with two attached hydrogens (primary N) is 1. The monoisotopic (exact) mass is 447 g/mol. The number of thiophene rings is 1. The largest absolute Gasteiger partial charge is 0.352 e. The molecule has 3 aromatic rings. The molecule has 0 unspecified atom stereocenters. The summed E-state index contributed by atoms with van der Waals surface area (Å²) in [5, 5.41) is 0. The van der Waals surface area contributed by atoms with Crippen molar-refractivity contribution in [2.75, 3.05) is 18.0 Å². The van der Waals surface area contributed by atoms with Crippen molar-refractivity contribution in [3.8, 4) is 0 Å². The summed E-state index contributed by atoms with van der Waals surface area (Å²) in [5.41, 5.74) is 7.50. The molecule has 2 aromatic heterocycles. The van der Waals surface area contributed by atoms with Crippen molar-refractivity contribution in [1.82, 2.24) is 14.5 Å². The van der Waals surface area contributed by atoms with E-state index in [1.807, 2.05) is 6.08 Å². The summed E-state index contributed by atoms with van der Waals surface area (Å²) < 4.78 is 41.3. The van der Waals surface area contributed by atoms with Gasteiger partial charge in [-0.25, -0.2) is 22.9 Å². The van der Waals surface area contributed by atoms with Gasteiger partial charge in [0.25, 0.3) is 5.92 Å². The fraction of sp³-hybridized carbons (Fsp3) is 0.286. The molecule has 0 radical (unpaired) electrons. The highest BCUT2D eigenvalue weighted by molar-refractivity contribution is 7.12. The molecule has 31 heavy (non-hydrogen) atoms. The Bertz CT molecular complexity index is 1170. The molecule has 0 spiro atoms. The highest BCUT2D eigenvalue weighted by atomic mass is 32.1. The third kappa shape index (κ3) is 4.70. The zero-order chi connectivity index (χ0) is 22.2. The number of hydrogen-bond acceptors (Lipinski definition) is 6. The van der Waals surface area contributed by atoms with Crippen LogP contribution in [0.3, 0.4) is 0 Å². The molecule has 0 amide bonds. The lowest BCUT2D eigenvalue weighted by atomic mass is 9.95. The maximum Gasteiger partial charge on any atom is 0.352 e. The van der Waals surface area contributed by atoms with Crippen LogP contribution in [0.2, 0.25) is 0 Å². The molecule has 2 N–H and O–H groups in total. The van der Waals surface area contributed by atoms with Crippen LogP contribution < -0.4 is 16.3 Å². The SMILES string of the molecule is CC(F)(F)c1ccc(Cn2cnc(N3CC=C(c4ccc(F)cc4)[C@H](N)C3)nc2=O)s1. The van der Waals surface area contributed by atoms with Crippen molar-refractivity contribution in [1.29, 1.82) is 0 Å². The second-order valence-corrected chi connectivity index (χ2v) is 8.57. The number of anilines is 1. The van der Waals surface area contributed by atoms with E-state index in [9.17, 15) is 18.0 Å². The van der Waals surface area contributed by atoms with E-state index >= 15 is 0 Å². The van der Waals surface area contributed by atoms with Gasteiger partial charge in [0.05, 0.1) is 11.4 Å². The van der Waals surface area contributed by atoms with Gasteiger partial charge < -0.3 is 10.6 Å². The predicted molar refractivity (Wildman–Crippen MR) is 114 cm³/mol. The first-order valence-electron chi connectivity index (χ1n) is 9.58. The molecule has 162 valence electrons. The Kier molecular flexibility index (Phi) is 5.67. The molecule has 0 saturated carbocycles. The second kappa shape index (κ2) is 8.27. The third-order valence-corrected chi connectivity index (χ3v) is 6.22. The van der Waals surface area contributed by atoms with Gasteiger partial charge in [0, 0.05) is 30.9 Å². The van der Waals surface area contributed by atoms with Crippen molar-refractivity contribution in [2.24, 2.45) is 5.73 Å². The van der Waals surface area contributed by atoms with Gasteiger partial charge in [-0.15, -0.1) is 11.3 Å². The smallest absolute Gasteiger partial charge is 0.335 e. The Balaban J connectivity index is 1.49. The molecule has 0 aliphatic carbocycles. The first kappa shape index (κ1) is 21.3. The van der Waals surface area contributed by atoms with Gasteiger partial charge in [-0.2, -0.15) is 4.98 Å². The lowest BCUT2D eigenvalue weighted by Crippen LogP contribution is -2.44. The van der Waals surface area contributed by atoms with Crippen LogP contribution in [0.25, 0.3) is 5.57 Å². The predicted octanol–water partition coefficient (Wildman–Crippen LogP) is 3.23. The van der Waals surface area contributed by atoms with Gasteiger partial charge in [0.1, 0.15) is 12.1 Å². The van der Waals surface area contributed by atoms with Crippen molar-refractivity contribution in [2.45, 2.75) is 25.4 Å². The van der Waals surface area contributed by atoms with E-state index in [0.29, 0.717) is 18.0 Å². The average Bonchev–Trinajstić information content (AvgIpc) is 3.19. The third-order valence-electron chi connectivity index (χ3n) is 4.98. The number of rotatable bonds is 5. The fourth-order valence-corrected chi connectivity index (χ4v) is 4.32. The zero-order valence-electron chi connectivity index (χ0n) is 16.6. The average molecular weight is 447 g/mol. The minimum atomic E-state index is -2.92. The summed E-state index contributed by atoms with van der Waals surface area (Å²) in [6, 6.07) is 8.71. The van der Waals surface area contributed by atoms with E-state index in [0.717, 1.165) is 29.4 Å². The Morgan fingerprint density at radius 1 is 1.23 bits per heavy atom. The quantitative estimate of drug-likeness (QED) is 0.650. The molecule has 0 bridgehead atoms. The Labute approximate surface area is 180 Å². The van der Waals surface area contributed by atoms with Crippen LogP contribution in [0.15, 0.2) is 53.6 Å². The highest BCUT2D eigenvalue weighted by Crippen LogP contribution is 2.33. The van der Waals surface area contributed by atoms with Crippen LogP contribution in [0.5, 0.6) is 0 Å². The molecule has 1 aliphatic rings. The van der Waals surface area contributed by atoms with Gasteiger partial charge >= 0.3 is 5.69 Å². The standard InChI is InChI=1S/C21H20F3N5OS/c1-21(23,24)18-7-6-15(31-18)10-29-12-26-19(27-20(29)30)28-9-8-16(17(25)11-28)13-2-4-14(22)5-3-13/h2-8,12,17H,9-11,25H2,1H3/t17-/m1/s1. The first-order chi connectivity index (χ1) is 14.7. The molecule has 0 saturated heterocycles. The lowest BCUT2D eigenvalue weighted by Gasteiger charge is -2.31. The van der Waals surface area contributed by atoms with E-state index in [1.54, 1.807) is 23.1 Å². The maximum absolute atomic E-state index is 13.4. The summed E-state index contributed by atoms with van der Waals surface area (Å²) in [7, 11) is 0.